The summed E-state index contributed by atoms with van der Waals surface area (Å²) in [7, 11) is 0. The second-order valence-corrected chi connectivity index (χ2v) is 3.20. The molecule has 3 N–H and O–H groups in total. The van der Waals surface area contributed by atoms with E-state index in [4.69, 9.17) is 5.73 Å². The highest BCUT2D eigenvalue weighted by Gasteiger charge is 2.18. The maximum atomic E-state index is 11.1. The molecule has 0 saturated heterocycles. The zero-order valence-electron chi connectivity index (χ0n) is 7.64. The van der Waals surface area contributed by atoms with Crippen molar-refractivity contribution in [3.63, 3.8) is 0 Å². The Kier molecular flexibility index (Phi) is 1.37. The molecule has 0 fully saturated rings. The summed E-state index contributed by atoms with van der Waals surface area (Å²) in [4.78, 5) is 19.3. The zero-order chi connectivity index (χ0) is 10.4. The molecule has 3 heterocycles. The van der Waals surface area contributed by atoms with Crippen molar-refractivity contribution in [2.24, 2.45) is 5.73 Å². The summed E-state index contributed by atoms with van der Waals surface area (Å²) < 4.78 is 1.72. The summed E-state index contributed by atoms with van der Waals surface area (Å²) in [5.41, 5.74) is 7.74. The summed E-state index contributed by atoms with van der Waals surface area (Å²) in [5, 5.41) is 2.90. The SMILES string of the molecule is NC(=O)c1cnc2c3nc[nH]n3ccc1-2. The van der Waals surface area contributed by atoms with E-state index in [1.54, 1.807) is 23.1 Å². The molecule has 1 aromatic heterocycles. The lowest BCUT2D eigenvalue weighted by atomic mass is 10.1. The Balaban J connectivity index is 2.41. The predicted octanol–water partition coefficient (Wildman–Crippen LogP) is 0.261. The van der Waals surface area contributed by atoms with E-state index in [0.717, 1.165) is 5.56 Å². The van der Waals surface area contributed by atoms with Gasteiger partial charge in [-0.3, -0.25) is 14.9 Å². The highest BCUT2D eigenvalue weighted by atomic mass is 16.1. The van der Waals surface area contributed by atoms with Gasteiger partial charge in [0, 0.05) is 18.0 Å². The number of nitrogens with two attached hydrogens (primary N) is 1. The molecule has 0 saturated carbocycles. The lowest BCUT2D eigenvalue weighted by Crippen LogP contribution is -2.10. The number of amides is 1. The molecular formula is C9H7N5O. The fourth-order valence-corrected chi connectivity index (χ4v) is 1.65. The molecule has 0 aliphatic carbocycles. The Hall–Kier alpha value is -2.37. The lowest BCUT2D eigenvalue weighted by molar-refractivity contribution is 0.100. The second-order valence-electron chi connectivity index (χ2n) is 3.20. The van der Waals surface area contributed by atoms with Crippen molar-refractivity contribution >= 4 is 11.6 Å². The van der Waals surface area contributed by atoms with Gasteiger partial charge in [0.1, 0.15) is 12.0 Å². The third-order valence-electron chi connectivity index (χ3n) is 2.35. The normalized spacial score (nSPS) is 11.2. The van der Waals surface area contributed by atoms with Crippen molar-refractivity contribution in [3.05, 3.63) is 30.4 Å². The molecule has 0 spiro atoms. The monoisotopic (exact) mass is 201 g/mol. The van der Waals surface area contributed by atoms with Crippen LogP contribution in [0.1, 0.15) is 10.4 Å². The van der Waals surface area contributed by atoms with Gasteiger partial charge >= 0.3 is 0 Å². The van der Waals surface area contributed by atoms with E-state index in [2.05, 4.69) is 15.1 Å². The third kappa shape index (κ3) is 0.954. The molecule has 3 rings (SSSR count). The number of hydrogen-bond acceptors (Lipinski definition) is 3. The van der Waals surface area contributed by atoms with Crippen LogP contribution in [0.2, 0.25) is 0 Å². The molecule has 0 bridgehead atoms. The molecule has 0 atom stereocenters. The number of fused-ring (bicyclic) bond motifs is 3. The summed E-state index contributed by atoms with van der Waals surface area (Å²) in [6.45, 7) is 0. The molecule has 1 aromatic rings. The van der Waals surface area contributed by atoms with Crippen LogP contribution in [-0.2, 0) is 0 Å². The van der Waals surface area contributed by atoms with Crippen LogP contribution < -0.4 is 5.73 Å². The minimum Gasteiger partial charge on any atom is -0.366 e. The maximum absolute atomic E-state index is 11.1. The van der Waals surface area contributed by atoms with Crippen LogP contribution in [-0.4, -0.2) is 25.5 Å². The number of carbonyl (C=O) groups is 1. The van der Waals surface area contributed by atoms with E-state index < -0.39 is 5.91 Å². The van der Waals surface area contributed by atoms with Crippen LogP contribution in [0.25, 0.3) is 16.9 Å². The molecule has 0 radical (unpaired) electrons. The standard InChI is InChI=1S/C9H7N5O/c10-8(15)6-3-11-7-5(6)1-2-14-9(7)12-4-13-14/h1-4H,(H2,10,15)(H,12,13). The molecule has 6 heteroatoms. The van der Waals surface area contributed by atoms with Gasteiger partial charge in [-0.15, -0.1) is 0 Å². The minimum atomic E-state index is -0.475. The number of nitrogens with zero attached hydrogens (tertiary/aromatic N) is 3. The highest BCUT2D eigenvalue weighted by molar-refractivity contribution is 6.01. The number of aromatic amines is 1. The molecule has 0 unspecified atom stereocenters. The van der Waals surface area contributed by atoms with Gasteiger partial charge in [0.15, 0.2) is 5.65 Å². The number of aromatic nitrogens is 4. The van der Waals surface area contributed by atoms with Crippen molar-refractivity contribution in [1.29, 1.82) is 0 Å². The molecule has 15 heavy (non-hydrogen) atoms. The number of H-pyrrole nitrogens is 1. The van der Waals surface area contributed by atoms with Crippen LogP contribution in [0.3, 0.4) is 0 Å². The van der Waals surface area contributed by atoms with Crippen LogP contribution in [0, 0.1) is 0 Å². The average Bonchev–Trinajstić information content (AvgIpc) is 2.82. The van der Waals surface area contributed by atoms with Crippen molar-refractivity contribution in [2.75, 3.05) is 0 Å². The molecular weight excluding hydrogens is 194 g/mol. The molecule has 0 aromatic carbocycles. The molecule has 1 amide bonds. The van der Waals surface area contributed by atoms with E-state index in [1.807, 2.05) is 0 Å². The van der Waals surface area contributed by atoms with Gasteiger partial charge in [-0.25, -0.2) is 9.50 Å². The predicted molar refractivity (Wildman–Crippen MR) is 52.5 cm³/mol. The summed E-state index contributed by atoms with van der Waals surface area (Å²) in [6, 6.07) is 1.79. The summed E-state index contributed by atoms with van der Waals surface area (Å²) >= 11 is 0. The first-order chi connectivity index (χ1) is 7.27. The smallest absolute Gasteiger partial charge is 0.250 e. The number of hydrogen-bond donors (Lipinski definition) is 2. The van der Waals surface area contributed by atoms with Crippen molar-refractivity contribution < 1.29 is 4.79 Å². The molecule has 2 aliphatic heterocycles. The molecule has 74 valence electrons. The van der Waals surface area contributed by atoms with E-state index in [9.17, 15) is 4.79 Å². The fraction of sp³-hybridized carbons (Fsp3) is 0. The number of primary amides is 1. The fourth-order valence-electron chi connectivity index (χ4n) is 1.65. The van der Waals surface area contributed by atoms with E-state index >= 15 is 0 Å². The van der Waals surface area contributed by atoms with Gasteiger partial charge < -0.3 is 5.73 Å². The number of pyridine rings is 1. The summed E-state index contributed by atoms with van der Waals surface area (Å²) in [5.74, 6) is -0.475. The van der Waals surface area contributed by atoms with Crippen LogP contribution in [0.5, 0.6) is 0 Å². The quantitative estimate of drug-likeness (QED) is 0.591. The van der Waals surface area contributed by atoms with Gasteiger partial charge in [0.2, 0.25) is 0 Å². The van der Waals surface area contributed by atoms with Crippen LogP contribution in [0.4, 0.5) is 0 Å². The lowest BCUT2D eigenvalue weighted by Gasteiger charge is -2.00. The van der Waals surface area contributed by atoms with E-state index in [-0.39, 0.29) is 0 Å². The Morgan fingerprint density at radius 2 is 2.33 bits per heavy atom. The van der Waals surface area contributed by atoms with Crippen LogP contribution in [0.15, 0.2) is 24.8 Å². The van der Waals surface area contributed by atoms with Crippen LogP contribution >= 0.6 is 0 Å². The van der Waals surface area contributed by atoms with Crippen molar-refractivity contribution in [3.8, 4) is 11.3 Å². The number of rotatable bonds is 1. The van der Waals surface area contributed by atoms with Crippen molar-refractivity contribution in [2.45, 2.75) is 0 Å². The first-order valence-corrected chi connectivity index (χ1v) is 4.36. The first kappa shape index (κ1) is 7.98. The van der Waals surface area contributed by atoms with Gasteiger partial charge in [-0.05, 0) is 6.07 Å². The van der Waals surface area contributed by atoms with E-state index in [1.165, 1.54) is 6.20 Å². The Bertz CT molecular complexity index is 623. The van der Waals surface area contributed by atoms with Gasteiger partial charge in [-0.2, -0.15) is 0 Å². The van der Waals surface area contributed by atoms with Crippen molar-refractivity contribution in [1.82, 2.24) is 19.6 Å². The Labute approximate surface area is 84.1 Å². The topological polar surface area (TPSA) is 89.1 Å². The average molecular weight is 201 g/mol. The minimum absolute atomic E-state index is 0.426. The van der Waals surface area contributed by atoms with Gasteiger partial charge in [-0.1, -0.05) is 0 Å². The van der Waals surface area contributed by atoms with Gasteiger partial charge in [0.25, 0.3) is 5.91 Å². The maximum Gasteiger partial charge on any atom is 0.250 e. The Morgan fingerprint density at radius 3 is 3.13 bits per heavy atom. The van der Waals surface area contributed by atoms with E-state index in [0.29, 0.717) is 16.9 Å². The number of nitrogens with one attached hydrogen (secondary N) is 1. The number of carbonyl (C=O) groups excluding carboxylic acids is 1. The highest BCUT2D eigenvalue weighted by Crippen LogP contribution is 2.27. The Morgan fingerprint density at radius 1 is 1.47 bits per heavy atom. The first-order valence-electron chi connectivity index (χ1n) is 4.36. The largest absolute Gasteiger partial charge is 0.366 e. The molecule has 2 aliphatic rings. The summed E-state index contributed by atoms with van der Waals surface area (Å²) in [6.07, 6.45) is 4.81. The second kappa shape index (κ2) is 2.57. The zero-order valence-corrected chi connectivity index (χ0v) is 7.64. The van der Waals surface area contributed by atoms with Gasteiger partial charge in [0.05, 0.1) is 5.56 Å². The molecule has 6 nitrogen and oxygen atoms in total. The third-order valence-corrected chi connectivity index (χ3v) is 2.35.